The molecule has 1 amide bonds. The number of nitrogens with zero attached hydrogens (tertiary/aromatic N) is 9. The van der Waals surface area contributed by atoms with E-state index in [4.69, 9.17) is 4.98 Å². The van der Waals surface area contributed by atoms with E-state index in [2.05, 4.69) is 27.6 Å². The molecule has 0 radical (unpaired) electrons. The molecule has 2 fully saturated rings. The van der Waals surface area contributed by atoms with Crippen LogP contribution in [0.2, 0.25) is 0 Å². The summed E-state index contributed by atoms with van der Waals surface area (Å²) >= 11 is 0. The first-order valence-corrected chi connectivity index (χ1v) is 14.8. The Labute approximate surface area is 265 Å². The standard InChI is InChI=1S/C30H31F6N9O2/c1-4-24(46)44-10-9-42(15-20(44)7-8-37)26-23-14-38-45(21-12-18(29(31,32)33)11-19(13-21)30(34,35)36)27(47)25(23)39-28(40-26)43-16-22(17-43)41(5-2)6-3/h4,11-14,20,22H,1,5-7,9-10,15-17H2,2-3H3. The topological polar surface area (TPSA) is 114 Å². The van der Waals surface area contributed by atoms with Crippen molar-refractivity contribution in [3.8, 4) is 11.8 Å². The lowest BCUT2D eigenvalue weighted by Gasteiger charge is -2.45. The number of anilines is 2. The van der Waals surface area contributed by atoms with Crippen molar-refractivity contribution in [2.45, 2.75) is 44.7 Å². The number of rotatable bonds is 8. The van der Waals surface area contributed by atoms with Crippen molar-refractivity contribution >= 4 is 28.6 Å². The maximum absolute atomic E-state index is 13.9. The smallest absolute Gasteiger partial charge is 0.352 e. The molecule has 0 saturated carbocycles. The number of likely N-dealkylation sites (N-methyl/N-ethyl adjacent to an activating group) is 1. The predicted molar refractivity (Wildman–Crippen MR) is 160 cm³/mol. The molecule has 2 aliphatic rings. The summed E-state index contributed by atoms with van der Waals surface area (Å²) in [6.45, 7) is 10.8. The van der Waals surface area contributed by atoms with Crippen LogP contribution in [-0.2, 0) is 17.1 Å². The first-order valence-electron chi connectivity index (χ1n) is 14.8. The van der Waals surface area contributed by atoms with Crippen LogP contribution in [0.25, 0.3) is 16.6 Å². The van der Waals surface area contributed by atoms with E-state index in [1.807, 2.05) is 18.7 Å². The molecule has 5 rings (SSSR count). The molecule has 1 unspecified atom stereocenters. The minimum Gasteiger partial charge on any atom is -0.352 e. The lowest BCUT2D eigenvalue weighted by atomic mass is 10.1. The van der Waals surface area contributed by atoms with E-state index in [9.17, 15) is 41.2 Å². The average Bonchev–Trinajstić information content (AvgIpc) is 3.01. The van der Waals surface area contributed by atoms with E-state index < -0.39 is 40.8 Å². The molecule has 0 spiro atoms. The van der Waals surface area contributed by atoms with Gasteiger partial charge in [0.2, 0.25) is 11.9 Å². The van der Waals surface area contributed by atoms with E-state index in [-0.39, 0.29) is 66.7 Å². The Kier molecular flexibility index (Phi) is 9.18. The molecule has 11 nitrogen and oxygen atoms in total. The zero-order valence-corrected chi connectivity index (χ0v) is 25.5. The van der Waals surface area contributed by atoms with Gasteiger partial charge in [-0.1, -0.05) is 20.4 Å². The van der Waals surface area contributed by atoms with Gasteiger partial charge in [0.1, 0.15) is 11.3 Å². The number of hydrogen-bond donors (Lipinski definition) is 0. The van der Waals surface area contributed by atoms with Crippen LogP contribution in [0.4, 0.5) is 38.1 Å². The minimum absolute atomic E-state index is 0.00817. The van der Waals surface area contributed by atoms with Crippen LogP contribution in [0.5, 0.6) is 0 Å². The Hall–Kier alpha value is -4.72. The quantitative estimate of drug-likeness (QED) is 0.262. The van der Waals surface area contributed by atoms with Crippen LogP contribution in [0.1, 0.15) is 31.4 Å². The van der Waals surface area contributed by atoms with Gasteiger partial charge in [-0.3, -0.25) is 14.5 Å². The summed E-state index contributed by atoms with van der Waals surface area (Å²) in [5, 5.41) is 13.5. The third-order valence-electron chi connectivity index (χ3n) is 8.47. The number of fused-ring (bicyclic) bond motifs is 1. The van der Waals surface area contributed by atoms with Gasteiger partial charge in [-0.15, -0.1) is 0 Å². The van der Waals surface area contributed by atoms with Gasteiger partial charge in [0.05, 0.1) is 46.9 Å². The Bertz CT molecular complexity index is 1740. The number of hydrogen-bond acceptors (Lipinski definition) is 9. The second-order valence-corrected chi connectivity index (χ2v) is 11.2. The van der Waals surface area contributed by atoms with Gasteiger partial charge in [-0.25, -0.2) is 4.98 Å². The largest absolute Gasteiger partial charge is 0.416 e. The van der Waals surface area contributed by atoms with Crippen LogP contribution in [0, 0.1) is 11.3 Å². The number of alkyl halides is 6. The van der Waals surface area contributed by atoms with E-state index in [1.54, 1.807) is 4.90 Å². The Morgan fingerprint density at radius 1 is 1.02 bits per heavy atom. The minimum atomic E-state index is -5.13. The molecule has 0 N–H and O–H groups in total. The number of amides is 1. The van der Waals surface area contributed by atoms with Crippen molar-refractivity contribution in [1.82, 2.24) is 29.5 Å². The van der Waals surface area contributed by atoms with Crippen molar-refractivity contribution in [2.24, 2.45) is 0 Å². The van der Waals surface area contributed by atoms with E-state index in [0.717, 1.165) is 25.4 Å². The molecule has 2 saturated heterocycles. The Balaban J connectivity index is 1.65. The summed E-state index contributed by atoms with van der Waals surface area (Å²) in [4.78, 5) is 42.9. The zero-order chi connectivity index (χ0) is 34.3. The second kappa shape index (κ2) is 12.8. The lowest BCUT2D eigenvalue weighted by molar-refractivity contribution is -0.143. The molecule has 17 heteroatoms. The fourth-order valence-corrected chi connectivity index (χ4v) is 5.95. The van der Waals surface area contributed by atoms with E-state index >= 15 is 0 Å². The zero-order valence-electron chi connectivity index (χ0n) is 25.5. The average molecular weight is 664 g/mol. The van der Waals surface area contributed by atoms with E-state index in [0.29, 0.717) is 29.9 Å². The number of piperazine rings is 1. The number of carbonyl (C=O) groups excluding carboxylic acids is 1. The molecule has 0 bridgehead atoms. The Morgan fingerprint density at radius 3 is 2.21 bits per heavy atom. The highest BCUT2D eigenvalue weighted by Gasteiger charge is 2.38. The summed E-state index contributed by atoms with van der Waals surface area (Å²) in [6.07, 6.45) is -8.00. The molecule has 0 aliphatic carbocycles. The maximum atomic E-state index is 13.9. The highest BCUT2D eigenvalue weighted by atomic mass is 19.4. The highest BCUT2D eigenvalue weighted by Crippen LogP contribution is 2.37. The molecule has 2 aliphatic heterocycles. The number of halogens is 6. The van der Waals surface area contributed by atoms with Crippen LogP contribution in [0.15, 0.2) is 41.8 Å². The molecule has 47 heavy (non-hydrogen) atoms. The fraction of sp³-hybridized carbons (Fsp3) is 0.467. The van der Waals surface area contributed by atoms with Crippen LogP contribution in [-0.4, -0.2) is 93.4 Å². The summed E-state index contributed by atoms with van der Waals surface area (Å²) in [5.74, 6) is 0.0268. The van der Waals surface area contributed by atoms with Crippen molar-refractivity contribution in [3.05, 3.63) is 58.5 Å². The monoisotopic (exact) mass is 663 g/mol. The number of nitriles is 1. The molecule has 4 heterocycles. The second-order valence-electron chi connectivity index (χ2n) is 11.2. The first kappa shape index (κ1) is 33.6. The molecular formula is C30H31F6N9O2. The predicted octanol–water partition coefficient (Wildman–Crippen LogP) is 3.86. The first-order chi connectivity index (χ1) is 22.2. The van der Waals surface area contributed by atoms with Crippen molar-refractivity contribution in [1.29, 1.82) is 5.26 Å². The van der Waals surface area contributed by atoms with Gasteiger partial charge >= 0.3 is 12.4 Å². The maximum Gasteiger partial charge on any atom is 0.416 e. The lowest BCUT2D eigenvalue weighted by Crippen LogP contribution is -2.60. The highest BCUT2D eigenvalue weighted by molar-refractivity contribution is 5.90. The van der Waals surface area contributed by atoms with Crippen LogP contribution in [0.3, 0.4) is 0 Å². The number of aromatic nitrogens is 4. The van der Waals surface area contributed by atoms with Gasteiger partial charge < -0.3 is 14.7 Å². The summed E-state index contributed by atoms with van der Waals surface area (Å²) < 4.78 is 82.2. The molecule has 1 aromatic carbocycles. The summed E-state index contributed by atoms with van der Waals surface area (Å²) in [7, 11) is 0. The molecule has 3 aromatic rings. The van der Waals surface area contributed by atoms with E-state index in [1.165, 1.54) is 4.90 Å². The Morgan fingerprint density at radius 2 is 1.66 bits per heavy atom. The van der Waals surface area contributed by atoms with Gasteiger partial charge in [0.25, 0.3) is 5.56 Å². The van der Waals surface area contributed by atoms with Gasteiger partial charge in [-0.05, 0) is 37.4 Å². The van der Waals surface area contributed by atoms with Crippen molar-refractivity contribution in [3.63, 3.8) is 0 Å². The number of carbonyl (C=O) groups is 1. The molecule has 250 valence electrons. The molecular weight excluding hydrogens is 632 g/mol. The summed E-state index contributed by atoms with van der Waals surface area (Å²) in [6, 6.07) is 2.51. The van der Waals surface area contributed by atoms with Crippen LogP contribution >= 0.6 is 0 Å². The third kappa shape index (κ3) is 6.59. The van der Waals surface area contributed by atoms with Gasteiger partial charge in [0, 0.05) is 38.8 Å². The molecule has 2 aromatic heterocycles. The van der Waals surface area contributed by atoms with Crippen molar-refractivity contribution in [2.75, 3.05) is 55.6 Å². The van der Waals surface area contributed by atoms with Crippen LogP contribution < -0.4 is 15.4 Å². The fourth-order valence-electron chi connectivity index (χ4n) is 5.95. The normalized spacial score (nSPS) is 17.6. The number of benzene rings is 1. The third-order valence-corrected chi connectivity index (χ3v) is 8.47. The SMILES string of the molecule is C=CC(=O)N1CCN(c2nc(N3CC(N(CC)CC)C3)nc3c(=O)n(-c4cc(C(F)(F)F)cc(C(F)(F)F)c4)ncc23)CC1CC#N. The van der Waals surface area contributed by atoms with Gasteiger partial charge in [0.15, 0.2) is 0 Å². The summed E-state index contributed by atoms with van der Waals surface area (Å²) in [5.41, 5.74) is -5.25. The van der Waals surface area contributed by atoms with Gasteiger partial charge in [-0.2, -0.15) is 46.4 Å². The molecule has 1 atom stereocenters. The van der Waals surface area contributed by atoms with Crippen molar-refractivity contribution < 1.29 is 31.1 Å².